The molecule has 1 aliphatic heterocycles. The first-order valence-electron chi connectivity index (χ1n) is 8.65. The van der Waals surface area contributed by atoms with Crippen LogP contribution in [0.25, 0.3) is 16.6 Å². The van der Waals surface area contributed by atoms with Crippen LogP contribution in [-0.2, 0) is 9.53 Å². The van der Waals surface area contributed by atoms with E-state index in [0.717, 1.165) is 4.68 Å². The number of halogens is 1. The minimum Gasteiger partial charge on any atom is -0.462 e. The topological polar surface area (TPSA) is 96.3 Å². The molecule has 142 valence electrons. The number of hydrogen-bond donors (Lipinski definition) is 1. The van der Waals surface area contributed by atoms with Crippen molar-refractivity contribution >= 4 is 34.2 Å². The van der Waals surface area contributed by atoms with Gasteiger partial charge in [-0.1, -0.05) is 41.9 Å². The molecule has 0 saturated carbocycles. The van der Waals surface area contributed by atoms with Crippen molar-refractivity contribution < 1.29 is 9.53 Å². The standard InChI is InChI=1S/C20H16ClN3O4/c1-2-28-20(27)15-16(13-9-5-6-10-14(13)21)23-18(25)11-7-3-4-8-12(11)19(26)24(23)17(15)22/h3-10,16H,2,22H2,1H3. The normalized spacial score (nSPS) is 15.7. The van der Waals surface area contributed by atoms with E-state index in [1.807, 2.05) is 0 Å². The first-order valence-corrected chi connectivity index (χ1v) is 9.03. The van der Waals surface area contributed by atoms with Crippen molar-refractivity contribution in [2.75, 3.05) is 6.61 Å². The number of hydrogen-bond acceptors (Lipinski definition) is 5. The summed E-state index contributed by atoms with van der Waals surface area (Å²) in [6.45, 7) is 1.78. The van der Waals surface area contributed by atoms with Gasteiger partial charge in [0, 0.05) is 10.6 Å². The molecule has 0 amide bonds. The fourth-order valence-corrected chi connectivity index (χ4v) is 3.77. The minimum absolute atomic E-state index is 0.00413. The monoisotopic (exact) mass is 397 g/mol. The van der Waals surface area contributed by atoms with Gasteiger partial charge in [-0.25, -0.2) is 9.48 Å². The summed E-state index contributed by atoms with van der Waals surface area (Å²) in [5.41, 5.74) is 5.72. The molecular weight excluding hydrogens is 382 g/mol. The number of aromatic nitrogens is 2. The summed E-state index contributed by atoms with van der Waals surface area (Å²) < 4.78 is 7.35. The van der Waals surface area contributed by atoms with E-state index in [1.165, 1.54) is 4.68 Å². The second-order valence-corrected chi connectivity index (χ2v) is 6.66. The predicted octanol–water partition coefficient (Wildman–Crippen LogP) is 2.11. The van der Waals surface area contributed by atoms with Crippen LogP contribution in [0, 0.1) is 0 Å². The van der Waals surface area contributed by atoms with Gasteiger partial charge in [0.25, 0.3) is 11.1 Å². The summed E-state index contributed by atoms with van der Waals surface area (Å²) in [6, 6.07) is 12.3. The molecular formula is C20H16ClN3O4. The molecule has 7 nitrogen and oxygen atoms in total. The van der Waals surface area contributed by atoms with Crippen molar-refractivity contribution in [2.45, 2.75) is 13.0 Å². The SMILES string of the molecule is CCOC(=O)C1=C(N)n2c(=O)c3ccccc3c(=O)n2C1c1ccccc1Cl. The molecule has 28 heavy (non-hydrogen) atoms. The summed E-state index contributed by atoms with van der Waals surface area (Å²) >= 11 is 6.36. The number of benzene rings is 2. The molecule has 0 bridgehead atoms. The molecule has 0 aliphatic carbocycles. The van der Waals surface area contributed by atoms with Gasteiger partial charge in [0.15, 0.2) is 0 Å². The predicted molar refractivity (Wildman–Crippen MR) is 106 cm³/mol. The van der Waals surface area contributed by atoms with E-state index in [0.29, 0.717) is 10.6 Å². The van der Waals surface area contributed by atoms with E-state index in [-0.39, 0.29) is 28.8 Å². The number of fused-ring (bicyclic) bond motifs is 2. The van der Waals surface area contributed by atoms with Crippen molar-refractivity contribution in [3.8, 4) is 0 Å². The molecule has 4 rings (SSSR count). The summed E-state index contributed by atoms with van der Waals surface area (Å²) in [5, 5.41) is 0.788. The molecule has 2 N–H and O–H groups in total. The highest BCUT2D eigenvalue weighted by Gasteiger charge is 2.39. The number of nitrogens with two attached hydrogens (primary N) is 1. The highest BCUT2D eigenvalue weighted by Crippen LogP contribution is 2.36. The molecule has 0 fully saturated rings. The van der Waals surface area contributed by atoms with Crippen molar-refractivity contribution in [1.29, 1.82) is 0 Å². The molecule has 0 spiro atoms. The third kappa shape index (κ3) is 2.47. The van der Waals surface area contributed by atoms with Gasteiger partial charge in [-0.15, -0.1) is 0 Å². The third-order valence-electron chi connectivity index (χ3n) is 4.72. The molecule has 1 aliphatic rings. The number of rotatable bonds is 3. The van der Waals surface area contributed by atoms with Crippen molar-refractivity contribution in [2.24, 2.45) is 5.73 Å². The summed E-state index contributed by atoms with van der Waals surface area (Å²) in [6.07, 6.45) is 0. The third-order valence-corrected chi connectivity index (χ3v) is 5.07. The fraction of sp³-hybridized carbons (Fsp3) is 0.150. The van der Waals surface area contributed by atoms with Crippen molar-refractivity contribution in [1.82, 2.24) is 9.36 Å². The van der Waals surface area contributed by atoms with Crippen LogP contribution in [0.2, 0.25) is 5.02 Å². The Morgan fingerprint density at radius 3 is 2.32 bits per heavy atom. The zero-order valence-electron chi connectivity index (χ0n) is 14.9. The minimum atomic E-state index is -0.974. The summed E-state index contributed by atoms with van der Waals surface area (Å²) in [4.78, 5) is 39.0. The summed E-state index contributed by atoms with van der Waals surface area (Å²) in [5.74, 6) is -0.847. The van der Waals surface area contributed by atoms with Crippen LogP contribution in [0.1, 0.15) is 18.5 Å². The number of nitrogens with zero attached hydrogens (tertiary/aromatic N) is 2. The van der Waals surface area contributed by atoms with Crippen LogP contribution in [0.3, 0.4) is 0 Å². The quantitative estimate of drug-likeness (QED) is 0.683. The Morgan fingerprint density at radius 2 is 1.68 bits per heavy atom. The van der Waals surface area contributed by atoms with E-state index in [4.69, 9.17) is 22.1 Å². The van der Waals surface area contributed by atoms with Crippen LogP contribution in [0.4, 0.5) is 0 Å². The number of carbonyl (C=O) groups is 1. The molecule has 1 aromatic heterocycles. The molecule has 1 unspecified atom stereocenters. The second-order valence-electron chi connectivity index (χ2n) is 6.26. The van der Waals surface area contributed by atoms with Gasteiger partial charge in [-0.3, -0.25) is 9.59 Å². The maximum Gasteiger partial charge on any atom is 0.340 e. The molecule has 2 aromatic carbocycles. The molecule has 2 heterocycles. The molecule has 8 heteroatoms. The zero-order valence-corrected chi connectivity index (χ0v) is 15.6. The maximum atomic E-state index is 13.3. The average Bonchev–Trinajstić information content (AvgIpc) is 3.00. The van der Waals surface area contributed by atoms with Gasteiger partial charge in [0.2, 0.25) is 0 Å². The van der Waals surface area contributed by atoms with Crippen LogP contribution in [0.5, 0.6) is 0 Å². The van der Waals surface area contributed by atoms with Crippen LogP contribution in [0.15, 0.2) is 63.7 Å². The van der Waals surface area contributed by atoms with Crippen LogP contribution < -0.4 is 16.9 Å². The lowest BCUT2D eigenvalue weighted by Crippen LogP contribution is -2.38. The Kier molecular flexibility index (Phi) is 4.31. The highest BCUT2D eigenvalue weighted by molar-refractivity contribution is 6.31. The van der Waals surface area contributed by atoms with Gasteiger partial charge in [-0.05, 0) is 25.1 Å². The molecule has 1 atom stereocenters. The fourth-order valence-electron chi connectivity index (χ4n) is 3.53. The number of carbonyl (C=O) groups excluding carboxylic acids is 1. The van der Waals surface area contributed by atoms with Crippen LogP contribution in [-0.4, -0.2) is 21.9 Å². The number of esters is 1. The lowest BCUT2D eigenvalue weighted by atomic mass is 9.99. The van der Waals surface area contributed by atoms with Gasteiger partial charge >= 0.3 is 5.97 Å². The van der Waals surface area contributed by atoms with E-state index in [9.17, 15) is 14.4 Å². The lowest BCUT2D eigenvalue weighted by molar-refractivity contribution is -0.138. The van der Waals surface area contributed by atoms with E-state index in [2.05, 4.69) is 0 Å². The first kappa shape index (κ1) is 18.1. The van der Waals surface area contributed by atoms with E-state index < -0.39 is 23.1 Å². The Balaban J connectivity index is 2.14. The van der Waals surface area contributed by atoms with Gasteiger partial charge in [0.05, 0.1) is 17.4 Å². The van der Waals surface area contributed by atoms with Crippen molar-refractivity contribution in [3.63, 3.8) is 0 Å². The van der Waals surface area contributed by atoms with Gasteiger partial charge in [0.1, 0.15) is 17.4 Å². The second kappa shape index (κ2) is 6.69. The summed E-state index contributed by atoms with van der Waals surface area (Å²) in [7, 11) is 0. The Bertz CT molecular complexity index is 1270. The zero-order chi connectivity index (χ0) is 20.0. The Hall–Kier alpha value is -3.32. The molecule has 0 radical (unpaired) electrons. The smallest absolute Gasteiger partial charge is 0.340 e. The maximum absolute atomic E-state index is 13.3. The molecule has 0 saturated heterocycles. The van der Waals surface area contributed by atoms with Gasteiger partial charge in [-0.2, -0.15) is 4.68 Å². The first-order chi connectivity index (χ1) is 13.5. The van der Waals surface area contributed by atoms with Crippen molar-refractivity contribution in [3.05, 3.63) is 85.4 Å². The molecule has 3 aromatic rings. The number of ether oxygens (including phenoxy) is 1. The van der Waals surface area contributed by atoms with E-state index >= 15 is 0 Å². The van der Waals surface area contributed by atoms with E-state index in [1.54, 1.807) is 55.5 Å². The Labute approximate surface area is 164 Å². The van der Waals surface area contributed by atoms with Gasteiger partial charge < -0.3 is 10.5 Å². The average molecular weight is 398 g/mol. The largest absolute Gasteiger partial charge is 0.462 e. The van der Waals surface area contributed by atoms with Crippen LogP contribution >= 0.6 is 11.6 Å². The Morgan fingerprint density at radius 1 is 1.07 bits per heavy atom. The lowest BCUT2D eigenvalue weighted by Gasteiger charge is -2.19. The highest BCUT2D eigenvalue weighted by atomic mass is 35.5.